The maximum absolute atomic E-state index is 5.78. The Morgan fingerprint density at radius 3 is 2.75 bits per heavy atom. The van der Waals surface area contributed by atoms with Crippen molar-refractivity contribution in [3.05, 3.63) is 28.7 Å². The van der Waals surface area contributed by atoms with Gasteiger partial charge in [-0.1, -0.05) is 22.0 Å². The minimum atomic E-state index is 0. The van der Waals surface area contributed by atoms with E-state index in [9.17, 15) is 0 Å². The first-order valence-electron chi connectivity index (χ1n) is 7.03. The van der Waals surface area contributed by atoms with Gasteiger partial charge in [0.2, 0.25) is 0 Å². The molecule has 1 N–H and O–H groups in total. The van der Waals surface area contributed by atoms with Gasteiger partial charge in [-0.25, -0.2) is 0 Å². The molecule has 1 fully saturated rings. The van der Waals surface area contributed by atoms with Crippen molar-refractivity contribution < 1.29 is 4.74 Å². The zero-order chi connectivity index (χ0) is 13.5. The Bertz CT molecular complexity index is 384. The molecule has 2 rings (SSSR count). The van der Waals surface area contributed by atoms with Crippen molar-refractivity contribution in [1.29, 1.82) is 0 Å². The van der Waals surface area contributed by atoms with Gasteiger partial charge in [-0.15, -0.1) is 12.4 Å². The third-order valence-corrected chi connectivity index (χ3v) is 4.17. The number of nitrogens with one attached hydrogen (secondary N) is 1. The van der Waals surface area contributed by atoms with E-state index in [2.05, 4.69) is 26.1 Å². The Morgan fingerprint density at radius 2 is 2.10 bits per heavy atom. The fraction of sp³-hybridized carbons (Fsp3) is 0.600. The number of ether oxygens (including phenoxy) is 1. The largest absolute Gasteiger partial charge is 0.492 e. The predicted octanol–water partition coefficient (Wildman–Crippen LogP) is 3.18. The third-order valence-electron chi connectivity index (χ3n) is 3.67. The van der Waals surface area contributed by atoms with Crippen molar-refractivity contribution in [2.45, 2.75) is 12.8 Å². The topological polar surface area (TPSA) is 24.5 Å². The predicted molar refractivity (Wildman–Crippen MR) is 90.0 cm³/mol. The second-order valence-corrected chi connectivity index (χ2v) is 6.06. The van der Waals surface area contributed by atoms with E-state index in [1.54, 1.807) is 0 Å². The number of nitrogens with zero attached hydrogens (tertiary/aromatic N) is 1. The number of piperidine rings is 1. The molecule has 0 aliphatic carbocycles. The molecule has 1 aliphatic heterocycles. The molecule has 0 atom stereocenters. The first-order chi connectivity index (χ1) is 9.28. The van der Waals surface area contributed by atoms with Gasteiger partial charge in [0.15, 0.2) is 0 Å². The molecule has 0 unspecified atom stereocenters. The van der Waals surface area contributed by atoms with Crippen molar-refractivity contribution in [3.8, 4) is 5.75 Å². The van der Waals surface area contributed by atoms with Gasteiger partial charge in [0.25, 0.3) is 0 Å². The molecule has 1 aromatic carbocycles. The highest BCUT2D eigenvalue weighted by Crippen LogP contribution is 2.18. The highest BCUT2D eigenvalue weighted by molar-refractivity contribution is 9.10. The van der Waals surface area contributed by atoms with E-state index in [0.717, 1.165) is 35.8 Å². The molecule has 0 bridgehead atoms. The average Bonchev–Trinajstić information content (AvgIpc) is 2.41. The van der Waals surface area contributed by atoms with Crippen LogP contribution in [-0.2, 0) is 0 Å². The summed E-state index contributed by atoms with van der Waals surface area (Å²) in [6, 6.07) is 8.03. The standard InChI is InChI=1S/C15H23BrN2O.ClH/c1-17-12-13-5-7-18(8-6-13)9-10-19-15-4-2-3-14(16)11-15;/h2-4,11,13,17H,5-10,12H2,1H3;1H. The van der Waals surface area contributed by atoms with Gasteiger partial charge in [0, 0.05) is 11.0 Å². The fourth-order valence-electron chi connectivity index (χ4n) is 2.55. The highest BCUT2D eigenvalue weighted by atomic mass is 79.9. The molecule has 1 aromatic rings. The second kappa shape index (κ2) is 9.61. The maximum atomic E-state index is 5.78. The number of rotatable bonds is 6. The van der Waals surface area contributed by atoms with Gasteiger partial charge < -0.3 is 10.1 Å². The lowest BCUT2D eigenvalue weighted by atomic mass is 9.97. The van der Waals surface area contributed by atoms with E-state index < -0.39 is 0 Å². The van der Waals surface area contributed by atoms with Crippen LogP contribution in [0.4, 0.5) is 0 Å². The third kappa shape index (κ3) is 6.00. The van der Waals surface area contributed by atoms with Crippen LogP contribution in [0.15, 0.2) is 28.7 Å². The molecule has 1 heterocycles. The summed E-state index contributed by atoms with van der Waals surface area (Å²) < 4.78 is 6.85. The first-order valence-corrected chi connectivity index (χ1v) is 7.82. The molecule has 20 heavy (non-hydrogen) atoms. The number of hydrogen-bond acceptors (Lipinski definition) is 3. The van der Waals surface area contributed by atoms with Crippen molar-refractivity contribution in [2.24, 2.45) is 5.92 Å². The maximum Gasteiger partial charge on any atom is 0.120 e. The summed E-state index contributed by atoms with van der Waals surface area (Å²) in [5.74, 6) is 1.80. The molecule has 0 aromatic heterocycles. The summed E-state index contributed by atoms with van der Waals surface area (Å²) in [6.07, 6.45) is 2.61. The quantitative estimate of drug-likeness (QED) is 0.840. The molecular formula is C15H24BrClN2O. The molecule has 3 nitrogen and oxygen atoms in total. The van der Waals surface area contributed by atoms with Crippen LogP contribution in [0.2, 0.25) is 0 Å². The molecule has 5 heteroatoms. The zero-order valence-electron chi connectivity index (χ0n) is 12.0. The minimum Gasteiger partial charge on any atom is -0.492 e. The van der Waals surface area contributed by atoms with Gasteiger partial charge in [0.1, 0.15) is 12.4 Å². The molecular weight excluding hydrogens is 340 g/mol. The van der Waals surface area contributed by atoms with Gasteiger partial charge in [-0.3, -0.25) is 4.90 Å². The van der Waals surface area contributed by atoms with E-state index in [1.807, 2.05) is 31.3 Å². The van der Waals surface area contributed by atoms with Crippen LogP contribution in [0.5, 0.6) is 5.75 Å². The van der Waals surface area contributed by atoms with Crippen molar-refractivity contribution >= 4 is 28.3 Å². The lowest BCUT2D eigenvalue weighted by Crippen LogP contribution is -2.38. The van der Waals surface area contributed by atoms with E-state index >= 15 is 0 Å². The van der Waals surface area contributed by atoms with E-state index in [0.29, 0.717) is 0 Å². The first kappa shape index (κ1) is 17.8. The van der Waals surface area contributed by atoms with Gasteiger partial charge in [-0.2, -0.15) is 0 Å². The van der Waals surface area contributed by atoms with Crippen LogP contribution in [0.3, 0.4) is 0 Å². The second-order valence-electron chi connectivity index (χ2n) is 5.15. The number of hydrogen-bond donors (Lipinski definition) is 1. The van der Waals surface area contributed by atoms with Crippen LogP contribution >= 0.6 is 28.3 Å². The van der Waals surface area contributed by atoms with Crippen LogP contribution in [0, 0.1) is 5.92 Å². The number of benzene rings is 1. The zero-order valence-corrected chi connectivity index (χ0v) is 14.4. The van der Waals surface area contributed by atoms with E-state index in [4.69, 9.17) is 4.74 Å². The van der Waals surface area contributed by atoms with Crippen LogP contribution in [0.1, 0.15) is 12.8 Å². The Labute approximate surface area is 136 Å². The summed E-state index contributed by atoms with van der Waals surface area (Å²) in [5.41, 5.74) is 0. The SMILES string of the molecule is CNCC1CCN(CCOc2cccc(Br)c2)CC1.Cl. The summed E-state index contributed by atoms with van der Waals surface area (Å²) >= 11 is 3.46. The Morgan fingerprint density at radius 1 is 1.35 bits per heavy atom. The molecule has 0 saturated carbocycles. The van der Waals surface area contributed by atoms with Crippen LogP contribution in [-0.4, -0.2) is 44.7 Å². The molecule has 0 radical (unpaired) electrons. The van der Waals surface area contributed by atoms with E-state index in [-0.39, 0.29) is 12.4 Å². The minimum absolute atomic E-state index is 0. The lowest BCUT2D eigenvalue weighted by molar-refractivity contribution is 0.155. The highest BCUT2D eigenvalue weighted by Gasteiger charge is 2.18. The lowest BCUT2D eigenvalue weighted by Gasteiger charge is -2.31. The number of halogens is 2. The van der Waals surface area contributed by atoms with Crippen LogP contribution in [0.25, 0.3) is 0 Å². The average molecular weight is 364 g/mol. The normalized spacial score (nSPS) is 16.7. The fourth-order valence-corrected chi connectivity index (χ4v) is 2.93. The Balaban J connectivity index is 0.00000200. The molecule has 1 aliphatic rings. The van der Waals surface area contributed by atoms with Crippen LogP contribution < -0.4 is 10.1 Å². The summed E-state index contributed by atoms with van der Waals surface area (Å²) in [4.78, 5) is 2.50. The van der Waals surface area contributed by atoms with Gasteiger partial charge in [-0.05, 0) is 63.6 Å². The summed E-state index contributed by atoms with van der Waals surface area (Å²) in [6.45, 7) is 5.36. The monoisotopic (exact) mass is 362 g/mol. The molecule has 0 amide bonds. The summed E-state index contributed by atoms with van der Waals surface area (Å²) in [5, 5.41) is 3.27. The van der Waals surface area contributed by atoms with Crippen molar-refractivity contribution in [3.63, 3.8) is 0 Å². The van der Waals surface area contributed by atoms with Gasteiger partial charge in [0.05, 0.1) is 0 Å². The molecule has 1 saturated heterocycles. The Kier molecular flexibility index (Phi) is 8.53. The smallest absolute Gasteiger partial charge is 0.120 e. The summed E-state index contributed by atoms with van der Waals surface area (Å²) in [7, 11) is 2.04. The molecule has 114 valence electrons. The van der Waals surface area contributed by atoms with Gasteiger partial charge >= 0.3 is 0 Å². The Hall–Kier alpha value is -0.290. The molecule has 0 spiro atoms. The number of likely N-dealkylation sites (tertiary alicyclic amines) is 1. The van der Waals surface area contributed by atoms with Crippen molar-refractivity contribution in [2.75, 3.05) is 39.8 Å². The van der Waals surface area contributed by atoms with Crippen molar-refractivity contribution in [1.82, 2.24) is 10.2 Å². The van der Waals surface area contributed by atoms with E-state index in [1.165, 1.54) is 25.9 Å².